The van der Waals surface area contributed by atoms with Gasteiger partial charge in [0.25, 0.3) is 0 Å². The molecule has 0 nitrogen and oxygen atoms in total. The topological polar surface area (TPSA) is 0 Å². The van der Waals surface area contributed by atoms with Crippen molar-refractivity contribution in [3.05, 3.63) is 0 Å². The van der Waals surface area contributed by atoms with E-state index < -0.39 is 0 Å². The summed E-state index contributed by atoms with van der Waals surface area (Å²) in [6.07, 6.45) is 14.7. The van der Waals surface area contributed by atoms with Crippen LogP contribution in [0.1, 0.15) is 181 Å². The van der Waals surface area contributed by atoms with Crippen molar-refractivity contribution in [1.29, 1.82) is 0 Å². The molecule has 0 rings (SSSR count). The van der Waals surface area contributed by atoms with Crippen molar-refractivity contribution in [3.8, 4) is 0 Å². The van der Waals surface area contributed by atoms with E-state index in [1.165, 1.54) is 70.6 Å². The molecule has 0 N–H and O–H groups in total. The van der Waals surface area contributed by atoms with Gasteiger partial charge in [0.1, 0.15) is 0 Å². The first-order valence-corrected chi connectivity index (χ1v) is 15.3. The molecule has 4 atom stereocenters. The molecule has 0 radical (unpaired) electrons. The minimum Gasteiger partial charge on any atom is -0.0651 e. The first kappa shape index (κ1) is 40.2. The van der Waals surface area contributed by atoms with Gasteiger partial charge in [-0.2, -0.15) is 0 Å². The monoisotopic (exact) mass is 471 g/mol. The number of rotatable bonds is 13. The van der Waals surface area contributed by atoms with Crippen molar-refractivity contribution in [1.82, 2.24) is 0 Å². The molecule has 33 heavy (non-hydrogen) atoms. The van der Waals surface area contributed by atoms with Crippen LogP contribution in [0.3, 0.4) is 0 Å². The lowest BCUT2D eigenvalue weighted by molar-refractivity contribution is 0.240. The molecule has 0 aromatic carbocycles. The highest BCUT2D eigenvalue weighted by molar-refractivity contribution is 4.72. The second-order valence-corrected chi connectivity index (χ2v) is 11.8. The number of hydrogen-bond donors (Lipinski definition) is 0. The zero-order valence-electron chi connectivity index (χ0n) is 27.1. The van der Waals surface area contributed by atoms with Gasteiger partial charge in [0.05, 0.1) is 0 Å². The average molecular weight is 471 g/mol. The van der Waals surface area contributed by atoms with E-state index in [9.17, 15) is 0 Å². The molecule has 0 amide bonds. The minimum absolute atomic E-state index is 0.583. The van der Waals surface area contributed by atoms with Crippen molar-refractivity contribution in [2.24, 2.45) is 34.5 Å². The first-order chi connectivity index (χ1) is 15.3. The smallest absolute Gasteiger partial charge is 0.0308 e. The van der Waals surface area contributed by atoms with Crippen LogP contribution in [0.5, 0.6) is 0 Å². The molecule has 0 aliphatic rings. The third-order valence-corrected chi connectivity index (χ3v) is 9.37. The predicted molar refractivity (Wildman–Crippen MR) is 160 cm³/mol. The zero-order chi connectivity index (χ0) is 27.1. The van der Waals surface area contributed by atoms with Crippen LogP contribution in [0.2, 0.25) is 0 Å². The largest absolute Gasteiger partial charge is 0.0651 e. The lowest BCUT2D eigenvalue weighted by Crippen LogP contribution is -2.15. The Morgan fingerprint density at radius 3 is 0.788 bits per heavy atom. The van der Waals surface area contributed by atoms with E-state index >= 15 is 0 Å². The van der Waals surface area contributed by atoms with Crippen LogP contribution in [0.4, 0.5) is 0 Å². The third kappa shape index (κ3) is 24.9. The van der Waals surface area contributed by atoms with Crippen LogP contribution in [0.15, 0.2) is 0 Å². The fourth-order valence-corrected chi connectivity index (χ4v) is 3.57. The van der Waals surface area contributed by atoms with Gasteiger partial charge in [0, 0.05) is 0 Å². The lowest BCUT2D eigenvalue weighted by atomic mass is 9.78. The highest BCUT2D eigenvalue weighted by Gasteiger charge is 2.20. The van der Waals surface area contributed by atoms with E-state index in [0.717, 1.165) is 23.7 Å². The van der Waals surface area contributed by atoms with Crippen LogP contribution >= 0.6 is 0 Å². The van der Waals surface area contributed by atoms with E-state index in [2.05, 4.69) is 111 Å². The molecular formula is C33H74. The van der Waals surface area contributed by atoms with E-state index in [1.807, 2.05) is 0 Å². The lowest BCUT2D eigenvalue weighted by Gasteiger charge is -2.28. The van der Waals surface area contributed by atoms with E-state index in [1.54, 1.807) is 0 Å². The zero-order valence-corrected chi connectivity index (χ0v) is 27.1. The summed E-state index contributed by atoms with van der Waals surface area (Å²) < 4.78 is 0. The maximum absolute atomic E-state index is 2.34. The predicted octanol–water partition coefficient (Wildman–Crippen LogP) is 13.0. The van der Waals surface area contributed by atoms with Gasteiger partial charge < -0.3 is 0 Å². The van der Waals surface area contributed by atoms with Crippen molar-refractivity contribution >= 4 is 0 Å². The van der Waals surface area contributed by atoms with E-state index in [4.69, 9.17) is 0 Å². The molecule has 0 aromatic heterocycles. The fraction of sp³-hybridized carbons (Fsp3) is 1.00. The van der Waals surface area contributed by atoms with Gasteiger partial charge in [-0.3, -0.25) is 0 Å². The molecule has 0 aliphatic carbocycles. The van der Waals surface area contributed by atoms with Crippen LogP contribution in [-0.2, 0) is 0 Å². The minimum atomic E-state index is 0.583. The summed E-state index contributed by atoms with van der Waals surface area (Å²) in [5, 5.41) is 0. The molecule has 4 unspecified atom stereocenters. The molecule has 0 saturated heterocycles. The third-order valence-electron chi connectivity index (χ3n) is 9.37. The van der Waals surface area contributed by atoms with Crippen LogP contribution < -0.4 is 0 Å². The highest BCUT2D eigenvalue weighted by atomic mass is 14.3. The second kappa shape index (κ2) is 25.1. The van der Waals surface area contributed by atoms with Crippen LogP contribution in [0.25, 0.3) is 0 Å². The molecule has 206 valence electrons. The Kier molecular flexibility index (Phi) is 30.6. The Bertz CT molecular complexity index is 310. The van der Waals surface area contributed by atoms with Gasteiger partial charge in [-0.15, -0.1) is 0 Å². The molecular weight excluding hydrogens is 396 g/mol. The van der Waals surface area contributed by atoms with Gasteiger partial charge in [0.2, 0.25) is 0 Å². The summed E-state index contributed by atoms with van der Waals surface area (Å²) in [5.74, 6) is 3.69. The van der Waals surface area contributed by atoms with E-state index in [0.29, 0.717) is 10.8 Å². The molecule has 0 heterocycles. The summed E-state index contributed by atoms with van der Waals surface area (Å²) in [4.78, 5) is 0. The van der Waals surface area contributed by atoms with Crippen LogP contribution in [-0.4, -0.2) is 0 Å². The maximum atomic E-state index is 2.34. The standard InChI is InChI=1S/2C9H20.C8H18.C7H16/c1-5-8(3)7-9(4)6-2;1-5-9(6-2,7-3)8-4;1-5-7(3)8(4)6-2;1-5-7(3,4)6-2/h8-9H,5-7H2,1-4H3;5-8H2,1-4H3;7-8H,5-6H2,1-4H3;5-6H2,1-4H3. The van der Waals surface area contributed by atoms with Crippen molar-refractivity contribution in [3.63, 3.8) is 0 Å². The molecule has 0 bridgehead atoms. The summed E-state index contributed by atoms with van der Waals surface area (Å²) >= 11 is 0. The summed E-state index contributed by atoms with van der Waals surface area (Å²) in [6, 6.07) is 0. The summed E-state index contributed by atoms with van der Waals surface area (Å²) in [6.45, 7) is 36.7. The Morgan fingerprint density at radius 2 is 0.697 bits per heavy atom. The SMILES string of the molecule is CCC(C)(C)CC.CCC(C)C(C)CC.CCC(C)CC(C)CC.CCC(CC)(CC)CC. The summed E-state index contributed by atoms with van der Waals surface area (Å²) in [5.41, 5.74) is 1.25. The molecule has 0 heteroatoms. The summed E-state index contributed by atoms with van der Waals surface area (Å²) in [7, 11) is 0. The van der Waals surface area contributed by atoms with Gasteiger partial charge in [0.15, 0.2) is 0 Å². The Labute approximate surface area is 215 Å². The van der Waals surface area contributed by atoms with Crippen molar-refractivity contribution < 1.29 is 0 Å². The fourth-order valence-electron chi connectivity index (χ4n) is 3.57. The normalized spacial score (nSPS) is 14.9. The first-order valence-electron chi connectivity index (χ1n) is 15.3. The average Bonchev–Trinajstić information content (AvgIpc) is 2.85. The maximum Gasteiger partial charge on any atom is -0.0308 e. The van der Waals surface area contributed by atoms with Gasteiger partial charge in [-0.05, 0) is 40.9 Å². The second-order valence-electron chi connectivity index (χ2n) is 11.8. The van der Waals surface area contributed by atoms with Crippen LogP contribution in [0, 0.1) is 34.5 Å². The molecule has 0 saturated carbocycles. The van der Waals surface area contributed by atoms with Crippen molar-refractivity contribution in [2.45, 2.75) is 181 Å². The molecule has 0 spiro atoms. The molecule has 0 aliphatic heterocycles. The Balaban J connectivity index is -0.000000171. The van der Waals surface area contributed by atoms with E-state index in [-0.39, 0.29) is 0 Å². The Hall–Kier alpha value is 0. The quantitative estimate of drug-likeness (QED) is 0.251. The van der Waals surface area contributed by atoms with Gasteiger partial charge >= 0.3 is 0 Å². The molecule has 0 aromatic rings. The van der Waals surface area contributed by atoms with Gasteiger partial charge in [-0.25, -0.2) is 0 Å². The van der Waals surface area contributed by atoms with Gasteiger partial charge in [-0.1, -0.05) is 175 Å². The Morgan fingerprint density at radius 1 is 0.424 bits per heavy atom. The van der Waals surface area contributed by atoms with Crippen molar-refractivity contribution in [2.75, 3.05) is 0 Å². The highest BCUT2D eigenvalue weighted by Crippen LogP contribution is 2.33. The number of hydrogen-bond acceptors (Lipinski definition) is 0. The molecule has 0 fully saturated rings.